The molecule has 4 aliphatic rings. The minimum atomic E-state index is -1.17. The number of aliphatic hydroxyl groups is 1. The van der Waals surface area contributed by atoms with Gasteiger partial charge in [-0.15, -0.1) is 6.58 Å². The number of hydrogen-bond acceptors (Lipinski definition) is 8. The van der Waals surface area contributed by atoms with E-state index in [2.05, 4.69) is 18.1 Å². The lowest BCUT2D eigenvalue weighted by Gasteiger charge is -2.41. The van der Waals surface area contributed by atoms with Crippen molar-refractivity contribution >= 4 is 17.8 Å². The number of ether oxygens (including phenoxy) is 3. The Hall–Kier alpha value is -2.27. The van der Waals surface area contributed by atoms with Crippen molar-refractivity contribution in [2.45, 2.75) is 63.3 Å². The van der Waals surface area contributed by atoms with Gasteiger partial charge in [0, 0.05) is 32.7 Å². The number of rotatable bonds is 13. The molecule has 2 amide bonds. The molecule has 0 saturated carbocycles. The van der Waals surface area contributed by atoms with Gasteiger partial charge in [-0.25, -0.2) is 0 Å². The Balaban J connectivity index is 1.72. The lowest BCUT2D eigenvalue weighted by atomic mass is 9.66. The zero-order chi connectivity index (χ0) is 28.4. The second-order valence-corrected chi connectivity index (χ2v) is 11.6. The zero-order valence-electron chi connectivity index (χ0n) is 23.7. The van der Waals surface area contributed by atoms with Crippen molar-refractivity contribution in [2.75, 3.05) is 59.2 Å². The van der Waals surface area contributed by atoms with Gasteiger partial charge in [-0.1, -0.05) is 39.0 Å². The van der Waals surface area contributed by atoms with Crippen molar-refractivity contribution in [3.8, 4) is 0 Å². The molecule has 0 aromatic carbocycles. The van der Waals surface area contributed by atoms with Crippen LogP contribution in [0.4, 0.5) is 0 Å². The van der Waals surface area contributed by atoms with E-state index in [4.69, 9.17) is 14.2 Å². The maximum absolute atomic E-state index is 14.5. The molecule has 4 rings (SSSR count). The quantitative estimate of drug-likeness (QED) is 0.271. The first kappa shape index (κ1) is 29.7. The van der Waals surface area contributed by atoms with Crippen molar-refractivity contribution in [1.82, 2.24) is 14.7 Å². The molecule has 2 bridgehead atoms. The summed E-state index contributed by atoms with van der Waals surface area (Å²) in [6.45, 7) is 17.4. The highest BCUT2D eigenvalue weighted by Crippen LogP contribution is 2.64. The summed E-state index contributed by atoms with van der Waals surface area (Å²) >= 11 is 0. The highest BCUT2D eigenvalue weighted by atomic mass is 16.6. The fourth-order valence-corrected chi connectivity index (χ4v) is 7.11. The van der Waals surface area contributed by atoms with Crippen molar-refractivity contribution in [3.05, 3.63) is 25.3 Å². The third kappa shape index (κ3) is 5.16. The monoisotopic (exact) mass is 547 g/mol. The molecule has 2 unspecified atom stereocenters. The number of nitrogens with zero attached hydrogens (tertiary/aromatic N) is 3. The molecule has 1 spiro atoms. The van der Waals surface area contributed by atoms with Crippen molar-refractivity contribution < 1.29 is 33.7 Å². The molecule has 0 radical (unpaired) electrons. The predicted molar refractivity (Wildman–Crippen MR) is 145 cm³/mol. The summed E-state index contributed by atoms with van der Waals surface area (Å²) in [4.78, 5) is 47.7. The Kier molecular flexibility index (Phi) is 9.20. The van der Waals surface area contributed by atoms with Crippen molar-refractivity contribution in [1.29, 1.82) is 0 Å². The molecule has 218 valence electrons. The predicted octanol–water partition coefficient (Wildman–Crippen LogP) is 1.23. The summed E-state index contributed by atoms with van der Waals surface area (Å²) in [6.07, 6.45) is 4.90. The van der Waals surface area contributed by atoms with Crippen LogP contribution in [0.25, 0.3) is 0 Å². The number of hydrogen-bond donors (Lipinski definition) is 1. The second kappa shape index (κ2) is 12.1. The highest BCUT2D eigenvalue weighted by molar-refractivity contribution is 5.98. The fraction of sp³-hybridized carbons (Fsp3) is 0.759. The van der Waals surface area contributed by atoms with Crippen molar-refractivity contribution in [3.63, 3.8) is 0 Å². The smallest absolute Gasteiger partial charge is 0.313 e. The van der Waals surface area contributed by atoms with Crippen LogP contribution in [0.5, 0.6) is 0 Å². The zero-order valence-corrected chi connectivity index (χ0v) is 23.7. The minimum absolute atomic E-state index is 0.0339. The molecule has 1 N–H and O–H groups in total. The van der Waals surface area contributed by atoms with Gasteiger partial charge in [0.2, 0.25) is 11.8 Å². The molecule has 0 aliphatic carbocycles. The Morgan fingerprint density at radius 3 is 2.59 bits per heavy atom. The van der Waals surface area contributed by atoms with E-state index in [0.717, 1.165) is 13.1 Å². The summed E-state index contributed by atoms with van der Waals surface area (Å²) in [6, 6.07) is -1.54. The van der Waals surface area contributed by atoms with E-state index in [9.17, 15) is 19.5 Å². The summed E-state index contributed by atoms with van der Waals surface area (Å²) in [5.74, 6) is -2.81. The molecular weight excluding hydrogens is 502 g/mol. The van der Waals surface area contributed by atoms with Crippen LogP contribution in [0.3, 0.4) is 0 Å². The lowest BCUT2D eigenvalue weighted by Crippen LogP contribution is -2.60. The minimum Gasteiger partial charge on any atom is -0.461 e. The topological polar surface area (TPSA) is 109 Å². The van der Waals surface area contributed by atoms with Gasteiger partial charge in [0.05, 0.1) is 37.4 Å². The molecular formula is C29H45N3O7. The lowest BCUT2D eigenvalue weighted by molar-refractivity contribution is -0.162. The van der Waals surface area contributed by atoms with Crippen molar-refractivity contribution in [2.24, 2.45) is 17.8 Å². The van der Waals surface area contributed by atoms with Gasteiger partial charge in [0.15, 0.2) is 0 Å². The Bertz CT molecular complexity index is 953. The number of morpholine rings is 1. The number of carbonyl (C=O) groups is 3. The number of amides is 2. The maximum atomic E-state index is 14.5. The standard InChI is InChI=1S/C29H45N3O7/c1-6-11-31(13-12-30-14-17-37-18-15-30)26(35)24-29-10-9-28(5,39-29)23(27(36)38-16-7-2)22(29)25(34)32(24)21(19-33)20(4)8-3/h6-7,20-24,33H,1-2,8-19H2,3-5H3/t20-,21-,22-,23-,24?,28+,29?/m0/s1. The van der Waals surface area contributed by atoms with E-state index >= 15 is 0 Å². The Morgan fingerprint density at radius 1 is 1.26 bits per heavy atom. The Morgan fingerprint density at radius 2 is 1.97 bits per heavy atom. The van der Waals surface area contributed by atoms with E-state index < -0.39 is 41.1 Å². The van der Waals surface area contributed by atoms with Gasteiger partial charge < -0.3 is 29.1 Å². The van der Waals surface area contributed by atoms with E-state index in [-0.39, 0.29) is 30.9 Å². The van der Waals surface area contributed by atoms with E-state index in [1.807, 2.05) is 20.8 Å². The van der Waals surface area contributed by atoms with Crippen LogP contribution in [-0.4, -0.2) is 120 Å². The SMILES string of the molecule is C=CCOC(=O)[C@@H]1[C@H]2C(=O)N([C@@H](CO)[C@@H](C)CC)C(C(=O)N(CC=C)CCN3CCOCC3)C23CC[C@@]1(C)O3. The maximum Gasteiger partial charge on any atom is 0.313 e. The molecule has 10 heteroatoms. The fourth-order valence-electron chi connectivity index (χ4n) is 7.11. The van der Waals surface area contributed by atoms with Gasteiger partial charge >= 0.3 is 5.97 Å². The first-order valence-electron chi connectivity index (χ1n) is 14.3. The van der Waals surface area contributed by atoms with E-state index in [0.29, 0.717) is 52.1 Å². The van der Waals surface area contributed by atoms with Gasteiger partial charge in [-0.05, 0) is 25.7 Å². The summed E-state index contributed by atoms with van der Waals surface area (Å²) in [5.41, 5.74) is -2.08. The molecule has 7 atom stereocenters. The largest absolute Gasteiger partial charge is 0.461 e. The van der Waals surface area contributed by atoms with Gasteiger partial charge in [-0.3, -0.25) is 19.3 Å². The van der Waals surface area contributed by atoms with Crippen LogP contribution in [0.15, 0.2) is 25.3 Å². The van der Waals surface area contributed by atoms with Crippen LogP contribution >= 0.6 is 0 Å². The molecule has 0 aromatic rings. The van der Waals surface area contributed by atoms with Crippen LogP contribution < -0.4 is 0 Å². The molecule has 4 heterocycles. The first-order valence-corrected chi connectivity index (χ1v) is 14.3. The Labute approximate surface area is 231 Å². The summed E-state index contributed by atoms with van der Waals surface area (Å²) in [5, 5.41) is 10.5. The molecule has 0 aromatic heterocycles. The third-order valence-corrected chi connectivity index (χ3v) is 9.34. The third-order valence-electron chi connectivity index (χ3n) is 9.34. The molecule has 4 fully saturated rings. The van der Waals surface area contributed by atoms with Crippen LogP contribution in [0, 0.1) is 17.8 Å². The average Bonchev–Trinajstić information content (AvgIpc) is 3.51. The normalized spacial score (nSPS) is 33.5. The van der Waals surface area contributed by atoms with Gasteiger partial charge in [-0.2, -0.15) is 0 Å². The summed E-state index contributed by atoms with van der Waals surface area (Å²) in [7, 11) is 0. The van der Waals surface area contributed by atoms with Crippen LogP contribution in [0.2, 0.25) is 0 Å². The van der Waals surface area contributed by atoms with Gasteiger partial charge in [0.25, 0.3) is 0 Å². The van der Waals surface area contributed by atoms with Crippen LogP contribution in [0.1, 0.15) is 40.0 Å². The average molecular weight is 548 g/mol. The van der Waals surface area contributed by atoms with Gasteiger partial charge in [0.1, 0.15) is 24.2 Å². The first-order chi connectivity index (χ1) is 18.7. The molecule has 4 saturated heterocycles. The number of carbonyl (C=O) groups excluding carboxylic acids is 3. The van der Waals surface area contributed by atoms with E-state index in [1.165, 1.54) is 6.08 Å². The molecule has 10 nitrogen and oxygen atoms in total. The molecule has 39 heavy (non-hydrogen) atoms. The summed E-state index contributed by atoms with van der Waals surface area (Å²) < 4.78 is 17.6. The highest BCUT2D eigenvalue weighted by Gasteiger charge is 2.79. The van der Waals surface area contributed by atoms with Crippen LogP contribution in [-0.2, 0) is 28.6 Å². The number of fused-ring (bicyclic) bond motifs is 1. The molecule has 4 aliphatic heterocycles. The van der Waals surface area contributed by atoms with E-state index in [1.54, 1.807) is 15.9 Å². The second-order valence-electron chi connectivity index (χ2n) is 11.6. The number of likely N-dealkylation sites (tertiary alicyclic amines) is 1. The number of esters is 1. The number of aliphatic hydroxyl groups excluding tert-OH is 1.